The maximum Gasteiger partial charge on any atom is 0.450 e. The molecule has 0 saturated carbocycles. The van der Waals surface area contributed by atoms with Crippen molar-refractivity contribution in [1.29, 1.82) is 0 Å². The van der Waals surface area contributed by atoms with E-state index in [-0.39, 0.29) is 49.7 Å². The highest BCUT2D eigenvalue weighted by atomic mass is 32.2. The molecule has 0 amide bonds. The van der Waals surface area contributed by atoms with Crippen molar-refractivity contribution >= 4 is 41.7 Å². The van der Waals surface area contributed by atoms with Gasteiger partial charge in [-0.25, -0.2) is 31.2 Å². The second kappa shape index (κ2) is 20.4. The van der Waals surface area contributed by atoms with Crippen LogP contribution in [0.2, 0.25) is 0 Å². The molecule has 0 aliphatic carbocycles. The number of hydrogen-bond acceptors (Lipinski definition) is 8. The Balaban J connectivity index is 0.000000230. The Hall–Kier alpha value is -7.15. The molecular formula is C48H37F13N4O6S2. The molecule has 0 radical (unpaired) electrons. The molecule has 0 unspecified atom stereocenters. The van der Waals surface area contributed by atoms with E-state index in [1.807, 2.05) is 13.8 Å². The van der Waals surface area contributed by atoms with Crippen LogP contribution in [0, 0.1) is 5.82 Å². The summed E-state index contributed by atoms with van der Waals surface area (Å²) in [6.45, 7) is 7.07. The number of halogens is 13. The molecular weight excluding hydrogens is 1040 g/mol. The van der Waals surface area contributed by atoms with Gasteiger partial charge in [-0.3, -0.25) is 9.13 Å². The maximum absolute atomic E-state index is 13.8. The van der Waals surface area contributed by atoms with E-state index >= 15 is 0 Å². The molecule has 0 atom stereocenters. The second-order valence-corrected chi connectivity index (χ2v) is 20.1. The van der Waals surface area contributed by atoms with Crippen LogP contribution in [0.3, 0.4) is 0 Å². The van der Waals surface area contributed by atoms with Crippen LogP contribution in [0.4, 0.5) is 57.1 Å². The first-order valence-corrected chi connectivity index (χ1v) is 24.5. The lowest BCUT2D eigenvalue weighted by molar-refractivity contribution is -0.146. The van der Waals surface area contributed by atoms with Crippen molar-refractivity contribution in [3.05, 3.63) is 156 Å². The summed E-state index contributed by atoms with van der Waals surface area (Å²) in [6.07, 6.45) is -19.0. The molecule has 25 heteroatoms. The van der Waals surface area contributed by atoms with Gasteiger partial charge >= 0.3 is 24.7 Å². The predicted molar refractivity (Wildman–Crippen MR) is 242 cm³/mol. The minimum Gasteiger partial charge on any atom is -0.457 e. The summed E-state index contributed by atoms with van der Waals surface area (Å²) in [4.78, 5) is 6.25. The van der Waals surface area contributed by atoms with Crippen molar-refractivity contribution in [2.24, 2.45) is 0 Å². The van der Waals surface area contributed by atoms with Crippen LogP contribution >= 0.6 is 0 Å². The predicted octanol–water partition coefficient (Wildman–Crippen LogP) is 14.5. The minimum atomic E-state index is -5.07. The highest BCUT2D eigenvalue weighted by molar-refractivity contribution is 7.92. The molecule has 6 aromatic carbocycles. The molecule has 0 N–H and O–H groups in total. The lowest BCUT2D eigenvalue weighted by Crippen LogP contribution is -2.14. The van der Waals surface area contributed by atoms with Gasteiger partial charge in [0.05, 0.1) is 37.2 Å². The topological polar surface area (TPSA) is 122 Å². The van der Waals surface area contributed by atoms with Crippen LogP contribution in [-0.2, 0) is 44.4 Å². The van der Waals surface area contributed by atoms with Crippen LogP contribution in [0.5, 0.6) is 23.0 Å². The number of fused-ring (bicyclic) bond motifs is 2. The van der Waals surface area contributed by atoms with Crippen molar-refractivity contribution in [1.82, 2.24) is 19.1 Å². The van der Waals surface area contributed by atoms with E-state index in [1.54, 1.807) is 0 Å². The van der Waals surface area contributed by atoms with Gasteiger partial charge in [0.2, 0.25) is 11.6 Å². The summed E-state index contributed by atoms with van der Waals surface area (Å²) in [7, 11) is -7.31. The van der Waals surface area contributed by atoms with E-state index in [2.05, 4.69) is 9.97 Å². The standard InChI is InChI=1S/C24H18F6N2O3S.C22H13F7N2O3S.C2H6/c1-14(2)36(33,34)18-6-3-5-17(13-18)35-16-11-9-15(10-12-16)32-20-8-4-7-19(23(25,26)27)21(20)31-22(32)24(28,29)30;1-35(32,33)16-10-12(23)9-15(11-16)34-14-7-5-13(6-8-14)31-18-4-2-3-17(21(24,25)26)19(18)30-20(31)22(27,28)29;1-2/h3-14H,1-2H3;2-11H,1H3;1-2H3. The summed E-state index contributed by atoms with van der Waals surface area (Å²) in [5.41, 5.74) is -5.30. The Morgan fingerprint density at radius 1 is 0.479 bits per heavy atom. The van der Waals surface area contributed by atoms with Crippen molar-refractivity contribution in [3.8, 4) is 34.4 Å². The number of ether oxygens (including phenoxy) is 2. The monoisotopic (exact) mass is 1080 g/mol. The van der Waals surface area contributed by atoms with Crippen LogP contribution in [0.1, 0.15) is 50.5 Å². The SMILES string of the molecule is CC.CC(C)S(=O)(=O)c1cccc(Oc2ccc(-n3c(C(F)(F)F)nc4c(C(F)(F)F)cccc43)cc2)c1.CS(=O)(=O)c1cc(F)cc(Oc2ccc(-n3c(C(F)(F)F)nc4c(C(F)(F)F)cccc43)cc2)c1. The van der Waals surface area contributed by atoms with Crippen LogP contribution in [-0.4, -0.2) is 47.4 Å². The van der Waals surface area contributed by atoms with E-state index in [4.69, 9.17) is 9.47 Å². The summed E-state index contributed by atoms with van der Waals surface area (Å²) in [6, 6.07) is 23.8. The quantitative estimate of drug-likeness (QED) is 0.131. The number of para-hydroxylation sites is 2. The van der Waals surface area contributed by atoms with E-state index in [1.165, 1.54) is 74.5 Å². The Bertz CT molecular complexity index is 3510. The van der Waals surface area contributed by atoms with E-state index in [0.29, 0.717) is 21.3 Å². The summed E-state index contributed by atoms with van der Waals surface area (Å²) >= 11 is 0. The fraction of sp³-hybridized carbons (Fsp3) is 0.208. The smallest absolute Gasteiger partial charge is 0.450 e. The van der Waals surface area contributed by atoms with Gasteiger partial charge in [0, 0.05) is 23.7 Å². The van der Waals surface area contributed by atoms with Gasteiger partial charge in [-0.05, 0) is 117 Å². The number of rotatable bonds is 9. The third kappa shape index (κ3) is 12.2. The third-order valence-corrected chi connectivity index (χ3v) is 13.4. The fourth-order valence-corrected chi connectivity index (χ4v) is 8.70. The lowest BCUT2D eigenvalue weighted by Gasteiger charge is -2.13. The molecule has 10 nitrogen and oxygen atoms in total. The Kier molecular flexibility index (Phi) is 15.4. The van der Waals surface area contributed by atoms with E-state index < -0.39 is 94.8 Å². The van der Waals surface area contributed by atoms with Crippen molar-refractivity contribution in [2.75, 3.05) is 6.26 Å². The number of aromatic nitrogens is 4. The average molecular weight is 1080 g/mol. The maximum atomic E-state index is 13.8. The Morgan fingerprint density at radius 3 is 1.26 bits per heavy atom. The number of alkyl halides is 12. The molecule has 0 aliphatic rings. The zero-order chi connectivity index (χ0) is 54.2. The van der Waals surface area contributed by atoms with Crippen LogP contribution < -0.4 is 9.47 Å². The summed E-state index contributed by atoms with van der Waals surface area (Å²) < 4.78 is 236. The van der Waals surface area contributed by atoms with Gasteiger partial charge in [-0.1, -0.05) is 32.0 Å². The van der Waals surface area contributed by atoms with Gasteiger partial charge in [-0.15, -0.1) is 0 Å². The largest absolute Gasteiger partial charge is 0.457 e. The normalized spacial score (nSPS) is 12.6. The highest BCUT2D eigenvalue weighted by Crippen LogP contribution is 2.42. The number of benzene rings is 6. The number of nitrogens with zero attached hydrogens (tertiary/aromatic N) is 4. The third-order valence-electron chi connectivity index (χ3n) is 10.2. The molecule has 2 heterocycles. The molecule has 0 saturated heterocycles. The van der Waals surface area contributed by atoms with Gasteiger partial charge in [0.15, 0.2) is 19.7 Å². The zero-order valence-electron chi connectivity index (χ0n) is 38.2. The van der Waals surface area contributed by atoms with Crippen molar-refractivity contribution in [2.45, 2.75) is 67.4 Å². The summed E-state index contributed by atoms with van der Waals surface area (Å²) in [5, 5.41) is -0.655. The second-order valence-electron chi connectivity index (χ2n) is 15.5. The molecule has 8 aromatic rings. The number of hydrogen-bond donors (Lipinski definition) is 0. The first-order chi connectivity index (χ1) is 33.8. The van der Waals surface area contributed by atoms with Gasteiger partial charge in [0.1, 0.15) is 39.8 Å². The molecule has 2 aromatic heterocycles. The molecule has 0 bridgehead atoms. The number of imidazole rings is 2. The Morgan fingerprint density at radius 2 is 0.877 bits per heavy atom. The average Bonchev–Trinajstić information content (AvgIpc) is 3.90. The van der Waals surface area contributed by atoms with Gasteiger partial charge < -0.3 is 9.47 Å². The van der Waals surface area contributed by atoms with Gasteiger partial charge in [-0.2, -0.15) is 52.7 Å². The molecule has 0 fully saturated rings. The van der Waals surface area contributed by atoms with Gasteiger partial charge in [0.25, 0.3) is 0 Å². The van der Waals surface area contributed by atoms with Crippen LogP contribution in [0.25, 0.3) is 33.4 Å². The van der Waals surface area contributed by atoms with Crippen molar-refractivity contribution in [3.63, 3.8) is 0 Å². The first-order valence-electron chi connectivity index (χ1n) is 21.1. The number of sulfone groups is 2. The van der Waals surface area contributed by atoms with Crippen molar-refractivity contribution < 1.29 is 83.4 Å². The first kappa shape index (κ1) is 55.2. The lowest BCUT2D eigenvalue weighted by atomic mass is 10.1. The van der Waals surface area contributed by atoms with Crippen LogP contribution in [0.15, 0.2) is 137 Å². The summed E-state index contributed by atoms with van der Waals surface area (Å²) in [5.74, 6) is -3.77. The fourth-order valence-electron chi connectivity index (χ4n) is 6.95. The zero-order valence-corrected chi connectivity index (χ0v) is 39.8. The highest BCUT2D eigenvalue weighted by Gasteiger charge is 2.43. The molecule has 0 spiro atoms. The van der Waals surface area contributed by atoms with E-state index in [0.717, 1.165) is 60.9 Å². The minimum absolute atomic E-state index is 0.00719. The van der Waals surface area contributed by atoms with E-state index in [9.17, 15) is 73.9 Å². The molecule has 8 rings (SSSR count). The molecule has 73 heavy (non-hydrogen) atoms. The molecule has 0 aliphatic heterocycles. The molecule has 388 valence electrons. The Labute approximate surface area is 407 Å².